The molecule has 0 N–H and O–H groups in total. The van der Waals surface area contributed by atoms with Gasteiger partial charge in [-0.1, -0.05) is 24.3 Å². The normalized spacial score (nSPS) is 11.2. The zero-order valence-corrected chi connectivity index (χ0v) is 10.7. The van der Waals surface area contributed by atoms with Gasteiger partial charge in [0.1, 0.15) is 5.75 Å². The van der Waals surface area contributed by atoms with Crippen LogP contribution in [0.4, 0.5) is 13.2 Å². The van der Waals surface area contributed by atoms with Crippen LogP contribution in [0.1, 0.15) is 10.4 Å². The predicted octanol–water partition coefficient (Wildman–Crippen LogP) is 4.63. The summed E-state index contributed by atoms with van der Waals surface area (Å²) in [6.45, 7) is 0. The van der Waals surface area contributed by atoms with Gasteiger partial charge < -0.3 is 4.74 Å². The minimum atomic E-state index is -4.70. The van der Waals surface area contributed by atoms with Crippen molar-refractivity contribution >= 4 is 16.8 Å². The van der Waals surface area contributed by atoms with Gasteiger partial charge in [0, 0.05) is 5.56 Å². The second kappa shape index (κ2) is 5.54. The second-order valence-electron chi connectivity index (χ2n) is 3.92. The number of carbonyl (C=O) groups is 1. The Kier molecular flexibility index (Phi) is 3.99. The molecule has 104 valence electrons. The van der Waals surface area contributed by atoms with Gasteiger partial charge in [0.25, 0.3) is 5.24 Å². The summed E-state index contributed by atoms with van der Waals surface area (Å²) in [7, 11) is 0. The fourth-order valence-electron chi connectivity index (χ4n) is 1.64. The molecular formula is C14H8ClF3O2. The second-order valence-corrected chi connectivity index (χ2v) is 4.27. The lowest BCUT2D eigenvalue weighted by atomic mass is 10.0. The molecule has 0 aromatic heterocycles. The number of hydrogen-bond donors (Lipinski definition) is 0. The lowest BCUT2D eigenvalue weighted by Gasteiger charge is -2.09. The summed E-state index contributed by atoms with van der Waals surface area (Å²) in [5, 5.41) is -0.564. The average molecular weight is 301 g/mol. The third-order valence-electron chi connectivity index (χ3n) is 2.53. The van der Waals surface area contributed by atoms with Gasteiger partial charge in [-0.15, -0.1) is 13.2 Å². The molecule has 20 heavy (non-hydrogen) atoms. The Morgan fingerprint density at radius 2 is 1.35 bits per heavy atom. The first-order valence-electron chi connectivity index (χ1n) is 5.51. The Morgan fingerprint density at radius 3 is 1.75 bits per heavy atom. The number of carbonyl (C=O) groups excluding carboxylic acids is 1. The fourth-order valence-corrected chi connectivity index (χ4v) is 1.77. The van der Waals surface area contributed by atoms with E-state index in [1.54, 1.807) is 24.3 Å². The van der Waals surface area contributed by atoms with E-state index in [2.05, 4.69) is 4.74 Å². The van der Waals surface area contributed by atoms with Crippen LogP contribution in [-0.4, -0.2) is 11.6 Å². The zero-order chi connectivity index (χ0) is 14.8. The molecule has 6 heteroatoms. The van der Waals surface area contributed by atoms with Crippen LogP contribution in [0.3, 0.4) is 0 Å². The number of alkyl halides is 3. The number of hydrogen-bond acceptors (Lipinski definition) is 2. The van der Waals surface area contributed by atoms with Crippen molar-refractivity contribution in [2.75, 3.05) is 0 Å². The van der Waals surface area contributed by atoms with Crippen LogP contribution in [0.15, 0.2) is 48.5 Å². The van der Waals surface area contributed by atoms with E-state index in [1.807, 2.05) is 0 Å². The van der Waals surface area contributed by atoms with E-state index in [0.29, 0.717) is 11.1 Å². The number of ether oxygens (including phenoxy) is 1. The molecule has 2 aromatic rings. The molecule has 0 amide bonds. The van der Waals surface area contributed by atoms with Crippen LogP contribution in [0.2, 0.25) is 0 Å². The average Bonchev–Trinajstić information content (AvgIpc) is 2.38. The van der Waals surface area contributed by atoms with Gasteiger partial charge in [-0.05, 0) is 47.0 Å². The zero-order valence-electron chi connectivity index (χ0n) is 9.95. The van der Waals surface area contributed by atoms with Crippen LogP contribution in [-0.2, 0) is 0 Å². The minimum absolute atomic E-state index is 0.284. The van der Waals surface area contributed by atoms with Crippen molar-refractivity contribution in [3.63, 3.8) is 0 Å². The summed E-state index contributed by atoms with van der Waals surface area (Å²) in [4.78, 5) is 10.9. The Bertz CT molecular complexity index is 604. The van der Waals surface area contributed by atoms with Crippen LogP contribution in [0, 0.1) is 0 Å². The first kappa shape index (κ1) is 14.4. The van der Waals surface area contributed by atoms with Crippen molar-refractivity contribution in [2.45, 2.75) is 6.36 Å². The molecule has 2 aromatic carbocycles. The van der Waals surface area contributed by atoms with E-state index in [9.17, 15) is 18.0 Å². The fraction of sp³-hybridized carbons (Fsp3) is 0.0714. The largest absolute Gasteiger partial charge is 0.573 e. The Morgan fingerprint density at radius 1 is 0.900 bits per heavy atom. The summed E-state index contributed by atoms with van der Waals surface area (Å²) >= 11 is 5.32. The van der Waals surface area contributed by atoms with Crippen LogP contribution in [0.5, 0.6) is 5.75 Å². The highest BCUT2D eigenvalue weighted by Crippen LogP contribution is 2.26. The number of rotatable bonds is 3. The van der Waals surface area contributed by atoms with Gasteiger partial charge in [-0.3, -0.25) is 4.79 Å². The summed E-state index contributed by atoms with van der Waals surface area (Å²) in [6.07, 6.45) is -4.70. The molecule has 0 unspecified atom stereocenters. The lowest BCUT2D eigenvalue weighted by molar-refractivity contribution is -0.274. The standard InChI is InChI=1S/C14H8ClF3O2/c15-13(19)11-3-1-9(2-4-11)10-5-7-12(8-6-10)20-14(16,17)18/h1-8H. The Hall–Kier alpha value is -2.01. The van der Waals surface area contributed by atoms with E-state index < -0.39 is 11.6 Å². The lowest BCUT2D eigenvalue weighted by Crippen LogP contribution is -2.16. The molecule has 0 saturated carbocycles. The van der Waals surface area contributed by atoms with Crippen molar-refractivity contribution < 1.29 is 22.7 Å². The van der Waals surface area contributed by atoms with Crippen molar-refractivity contribution in [1.29, 1.82) is 0 Å². The van der Waals surface area contributed by atoms with E-state index in [-0.39, 0.29) is 5.75 Å². The Labute approximate surface area is 117 Å². The van der Waals surface area contributed by atoms with E-state index in [4.69, 9.17) is 11.6 Å². The maximum Gasteiger partial charge on any atom is 0.573 e. The van der Waals surface area contributed by atoms with E-state index in [1.165, 1.54) is 24.3 Å². The highest BCUT2D eigenvalue weighted by molar-refractivity contribution is 6.67. The molecular weight excluding hydrogens is 293 g/mol. The topological polar surface area (TPSA) is 26.3 Å². The van der Waals surface area contributed by atoms with E-state index in [0.717, 1.165) is 5.56 Å². The maximum absolute atomic E-state index is 12.0. The molecule has 2 nitrogen and oxygen atoms in total. The maximum atomic E-state index is 12.0. The first-order valence-corrected chi connectivity index (χ1v) is 5.89. The third kappa shape index (κ3) is 3.74. The molecule has 0 heterocycles. The molecule has 0 atom stereocenters. The molecule has 0 saturated heterocycles. The summed E-state index contributed by atoms with van der Waals surface area (Å²) in [6, 6.07) is 11.9. The Balaban J connectivity index is 2.19. The van der Waals surface area contributed by atoms with Crippen molar-refractivity contribution in [3.05, 3.63) is 54.1 Å². The van der Waals surface area contributed by atoms with Gasteiger partial charge in [-0.2, -0.15) is 0 Å². The molecule has 0 bridgehead atoms. The van der Waals surface area contributed by atoms with Crippen LogP contribution >= 0.6 is 11.6 Å². The third-order valence-corrected chi connectivity index (χ3v) is 2.75. The molecule has 0 fully saturated rings. The summed E-state index contributed by atoms with van der Waals surface area (Å²) in [5.74, 6) is -0.284. The van der Waals surface area contributed by atoms with Gasteiger partial charge in [0.15, 0.2) is 0 Å². The summed E-state index contributed by atoms with van der Waals surface area (Å²) < 4.78 is 39.8. The molecule has 0 aliphatic rings. The van der Waals surface area contributed by atoms with Gasteiger partial charge in [0.2, 0.25) is 0 Å². The number of benzene rings is 2. The number of halogens is 4. The minimum Gasteiger partial charge on any atom is -0.406 e. The predicted molar refractivity (Wildman–Crippen MR) is 68.7 cm³/mol. The smallest absolute Gasteiger partial charge is 0.406 e. The van der Waals surface area contributed by atoms with Crippen molar-refractivity contribution in [3.8, 4) is 16.9 Å². The quantitative estimate of drug-likeness (QED) is 0.772. The van der Waals surface area contributed by atoms with Gasteiger partial charge in [0.05, 0.1) is 0 Å². The molecule has 0 aliphatic heterocycles. The van der Waals surface area contributed by atoms with Crippen LogP contribution < -0.4 is 4.74 Å². The highest BCUT2D eigenvalue weighted by Gasteiger charge is 2.30. The highest BCUT2D eigenvalue weighted by atomic mass is 35.5. The van der Waals surface area contributed by atoms with Crippen molar-refractivity contribution in [2.24, 2.45) is 0 Å². The summed E-state index contributed by atoms with van der Waals surface area (Å²) in [5.41, 5.74) is 1.81. The van der Waals surface area contributed by atoms with E-state index >= 15 is 0 Å². The van der Waals surface area contributed by atoms with Gasteiger partial charge >= 0.3 is 6.36 Å². The van der Waals surface area contributed by atoms with Crippen LogP contribution in [0.25, 0.3) is 11.1 Å². The van der Waals surface area contributed by atoms with Gasteiger partial charge in [-0.25, -0.2) is 0 Å². The SMILES string of the molecule is O=C(Cl)c1ccc(-c2ccc(OC(F)(F)F)cc2)cc1. The molecule has 0 spiro atoms. The monoisotopic (exact) mass is 300 g/mol. The van der Waals surface area contributed by atoms with Crippen molar-refractivity contribution in [1.82, 2.24) is 0 Å². The molecule has 0 radical (unpaired) electrons. The first-order chi connectivity index (χ1) is 9.35. The molecule has 0 aliphatic carbocycles. The molecule has 2 rings (SSSR count).